The predicted molar refractivity (Wildman–Crippen MR) is 76.4 cm³/mol. The lowest BCUT2D eigenvalue weighted by Gasteiger charge is -2.21. The second kappa shape index (κ2) is 6.46. The van der Waals surface area contributed by atoms with E-state index in [2.05, 4.69) is 43.0 Å². The number of benzene rings is 1. The summed E-state index contributed by atoms with van der Waals surface area (Å²) >= 11 is 2.05. The lowest BCUT2D eigenvalue weighted by atomic mass is 10.0. The fourth-order valence-electron chi connectivity index (χ4n) is 2.40. The van der Waals surface area contributed by atoms with Crippen LogP contribution >= 0.6 is 11.8 Å². The molecule has 0 aromatic heterocycles. The van der Waals surface area contributed by atoms with Gasteiger partial charge < -0.3 is 5.73 Å². The molecule has 0 radical (unpaired) electrons. The molecule has 2 heteroatoms. The number of hydrogen-bond acceptors (Lipinski definition) is 2. The van der Waals surface area contributed by atoms with Crippen molar-refractivity contribution in [1.82, 2.24) is 0 Å². The zero-order chi connectivity index (χ0) is 12.1. The van der Waals surface area contributed by atoms with Crippen LogP contribution in [0.25, 0.3) is 0 Å². The maximum absolute atomic E-state index is 6.02. The van der Waals surface area contributed by atoms with Gasteiger partial charge in [0.25, 0.3) is 0 Å². The molecule has 2 rings (SSSR count). The zero-order valence-electron chi connectivity index (χ0n) is 10.7. The summed E-state index contributed by atoms with van der Waals surface area (Å²) in [5, 5.41) is 0.842. The van der Waals surface area contributed by atoms with Gasteiger partial charge in [-0.25, -0.2) is 0 Å². The summed E-state index contributed by atoms with van der Waals surface area (Å²) in [5.74, 6) is 0. The van der Waals surface area contributed by atoms with Crippen molar-refractivity contribution < 1.29 is 0 Å². The molecule has 1 atom stereocenters. The second-order valence-corrected chi connectivity index (χ2v) is 6.34. The van der Waals surface area contributed by atoms with Crippen LogP contribution in [0.15, 0.2) is 29.2 Å². The Kier molecular flexibility index (Phi) is 4.93. The summed E-state index contributed by atoms with van der Waals surface area (Å²) in [7, 11) is 0. The van der Waals surface area contributed by atoms with Crippen molar-refractivity contribution in [2.75, 3.05) is 0 Å². The van der Waals surface area contributed by atoms with Gasteiger partial charge in [0.05, 0.1) is 0 Å². The van der Waals surface area contributed by atoms with Gasteiger partial charge in [0, 0.05) is 16.2 Å². The monoisotopic (exact) mass is 249 g/mol. The van der Waals surface area contributed by atoms with Crippen LogP contribution in [0.5, 0.6) is 0 Å². The zero-order valence-corrected chi connectivity index (χ0v) is 11.5. The average molecular weight is 249 g/mol. The van der Waals surface area contributed by atoms with Gasteiger partial charge in [0.15, 0.2) is 0 Å². The Balaban J connectivity index is 1.93. The molecule has 1 saturated carbocycles. The molecule has 1 aliphatic carbocycles. The van der Waals surface area contributed by atoms with Crippen molar-refractivity contribution >= 4 is 11.8 Å². The van der Waals surface area contributed by atoms with Crippen LogP contribution in [-0.4, -0.2) is 5.25 Å². The quantitative estimate of drug-likeness (QED) is 0.849. The van der Waals surface area contributed by atoms with Crippen LogP contribution < -0.4 is 5.73 Å². The van der Waals surface area contributed by atoms with Crippen LogP contribution in [0.1, 0.15) is 57.1 Å². The van der Waals surface area contributed by atoms with Crippen molar-refractivity contribution in [3.63, 3.8) is 0 Å². The first-order chi connectivity index (χ1) is 8.29. The summed E-state index contributed by atoms with van der Waals surface area (Å²) < 4.78 is 0. The van der Waals surface area contributed by atoms with E-state index in [0.29, 0.717) is 0 Å². The minimum Gasteiger partial charge on any atom is -0.324 e. The van der Waals surface area contributed by atoms with Crippen LogP contribution in [0, 0.1) is 0 Å². The highest BCUT2D eigenvalue weighted by molar-refractivity contribution is 8.00. The molecule has 1 aliphatic rings. The molecule has 1 aromatic rings. The first-order valence-corrected chi connectivity index (χ1v) is 7.69. The summed E-state index contributed by atoms with van der Waals surface area (Å²) in [6.45, 7) is 2.13. The minimum absolute atomic E-state index is 0.198. The number of thioether (sulfide) groups is 1. The topological polar surface area (TPSA) is 26.0 Å². The van der Waals surface area contributed by atoms with E-state index in [1.807, 2.05) is 0 Å². The Labute approximate surface area is 109 Å². The molecule has 0 saturated heterocycles. The van der Waals surface area contributed by atoms with E-state index in [1.54, 1.807) is 0 Å². The third kappa shape index (κ3) is 3.75. The molecule has 0 amide bonds. The number of rotatable bonds is 4. The molecule has 1 nitrogen and oxygen atoms in total. The highest BCUT2D eigenvalue weighted by Gasteiger charge is 2.14. The van der Waals surface area contributed by atoms with Gasteiger partial charge in [-0.15, -0.1) is 11.8 Å². The van der Waals surface area contributed by atoms with Crippen molar-refractivity contribution in [3.8, 4) is 0 Å². The molecule has 0 bridgehead atoms. The molecule has 2 N–H and O–H groups in total. The normalized spacial score (nSPS) is 19.2. The van der Waals surface area contributed by atoms with E-state index in [-0.39, 0.29) is 6.04 Å². The van der Waals surface area contributed by atoms with E-state index in [4.69, 9.17) is 5.73 Å². The summed E-state index contributed by atoms with van der Waals surface area (Å²) in [6, 6.07) is 9.07. The van der Waals surface area contributed by atoms with Gasteiger partial charge >= 0.3 is 0 Å². The van der Waals surface area contributed by atoms with E-state index >= 15 is 0 Å². The summed E-state index contributed by atoms with van der Waals surface area (Å²) in [4.78, 5) is 1.41. The molecule has 1 aromatic carbocycles. The first kappa shape index (κ1) is 13.0. The lowest BCUT2D eigenvalue weighted by molar-refractivity contribution is 0.516. The maximum atomic E-state index is 6.02. The van der Waals surface area contributed by atoms with Crippen molar-refractivity contribution in [1.29, 1.82) is 0 Å². The fraction of sp³-hybridized carbons (Fsp3) is 0.600. The molecule has 0 spiro atoms. The smallest absolute Gasteiger partial charge is 0.0292 e. The van der Waals surface area contributed by atoms with Gasteiger partial charge in [-0.3, -0.25) is 0 Å². The molecule has 17 heavy (non-hydrogen) atoms. The van der Waals surface area contributed by atoms with Crippen molar-refractivity contribution in [3.05, 3.63) is 29.8 Å². The van der Waals surface area contributed by atoms with E-state index in [9.17, 15) is 0 Å². The number of hydrogen-bond donors (Lipinski definition) is 1. The van der Waals surface area contributed by atoms with E-state index in [1.165, 1.54) is 42.6 Å². The molecular formula is C15H23NS. The van der Waals surface area contributed by atoms with Gasteiger partial charge in [-0.2, -0.15) is 0 Å². The maximum Gasteiger partial charge on any atom is 0.0292 e. The van der Waals surface area contributed by atoms with Crippen molar-refractivity contribution in [2.24, 2.45) is 5.73 Å². The predicted octanol–water partition coefficient (Wildman–Crippen LogP) is 4.52. The highest BCUT2D eigenvalue weighted by atomic mass is 32.2. The molecule has 94 valence electrons. The van der Waals surface area contributed by atoms with E-state index < -0.39 is 0 Å². The average Bonchev–Trinajstić information content (AvgIpc) is 2.40. The van der Waals surface area contributed by atoms with Gasteiger partial charge in [-0.05, 0) is 37.0 Å². The number of nitrogens with two attached hydrogens (primary N) is 1. The summed E-state index contributed by atoms with van der Waals surface area (Å²) in [5.41, 5.74) is 7.29. The Hall–Kier alpha value is -0.470. The van der Waals surface area contributed by atoms with Crippen molar-refractivity contribution in [2.45, 2.75) is 61.6 Å². The Morgan fingerprint density at radius 2 is 1.82 bits per heavy atom. The van der Waals surface area contributed by atoms with Crippen LogP contribution in [-0.2, 0) is 0 Å². The van der Waals surface area contributed by atoms with Gasteiger partial charge in [0.2, 0.25) is 0 Å². The van der Waals surface area contributed by atoms with Gasteiger partial charge in [0.1, 0.15) is 0 Å². The molecule has 0 aliphatic heterocycles. The Morgan fingerprint density at radius 3 is 2.41 bits per heavy atom. The van der Waals surface area contributed by atoms with Gasteiger partial charge in [-0.1, -0.05) is 38.3 Å². The lowest BCUT2D eigenvalue weighted by Crippen LogP contribution is -2.09. The molecular weight excluding hydrogens is 226 g/mol. The Bertz CT molecular complexity index is 327. The highest BCUT2D eigenvalue weighted by Crippen LogP contribution is 2.33. The standard InChI is InChI=1S/C15H23NS/c1-2-15(16)12-8-10-14(11-9-12)17-13-6-4-3-5-7-13/h8-11,13,15H,2-7,16H2,1H3/t15-/m0/s1. The van der Waals surface area contributed by atoms with Crippen LogP contribution in [0.2, 0.25) is 0 Å². The summed E-state index contributed by atoms with van der Waals surface area (Å²) in [6.07, 6.45) is 8.05. The molecule has 1 fully saturated rings. The second-order valence-electron chi connectivity index (χ2n) is 4.96. The molecule has 0 heterocycles. The van der Waals surface area contributed by atoms with E-state index in [0.717, 1.165) is 11.7 Å². The first-order valence-electron chi connectivity index (χ1n) is 6.82. The SMILES string of the molecule is CC[C@H](N)c1ccc(SC2CCCCC2)cc1. The minimum atomic E-state index is 0.198. The fourth-order valence-corrected chi connectivity index (χ4v) is 3.65. The third-order valence-electron chi connectivity index (χ3n) is 3.60. The Morgan fingerprint density at radius 1 is 1.18 bits per heavy atom. The molecule has 0 unspecified atom stereocenters. The van der Waals surface area contributed by atoms with Crippen LogP contribution in [0.4, 0.5) is 0 Å². The van der Waals surface area contributed by atoms with Crippen LogP contribution in [0.3, 0.4) is 0 Å². The largest absolute Gasteiger partial charge is 0.324 e. The third-order valence-corrected chi connectivity index (χ3v) is 4.95.